The third-order valence-corrected chi connectivity index (χ3v) is 7.42. The van der Waals surface area contributed by atoms with E-state index in [-0.39, 0.29) is 29.2 Å². The van der Waals surface area contributed by atoms with E-state index in [1.165, 1.54) is 35.8 Å². The second-order valence-corrected chi connectivity index (χ2v) is 9.29. The van der Waals surface area contributed by atoms with Gasteiger partial charge in [-0.1, -0.05) is 18.2 Å². The van der Waals surface area contributed by atoms with Gasteiger partial charge in [-0.2, -0.15) is 13.2 Å². The number of carbonyl (C=O) groups is 1. The molecule has 0 aromatic heterocycles. The normalized spacial score (nSPS) is 21.7. The van der Waals surface area contributed by atoms with Crippen molar-refractivity contribution in [3.05, 3.63) is 59.7 Å². The number of hydroxylamine groups is 1. The standard InChI is InChI=1S/C20H20F3NO7S/c21-20(22,23)16-4-2-1-3-13(16)11-31-14-5-7-15(8-6-14)32(28,29)17-9-10-30-12-19(17,26)18(25)24-27/h1-8,17,26-27H,9-12H2,(H,24,25)/t17-,19-/m1/s1. The highest BCUT2D eigenvalue weighted by molar-refractivity contribution is 7.92. The number of alkyl halides is 3. The molecule has 32 heavy (non-hydrogen) atoms. The van der Waals surface area contributed by atoms with Gasteiger partial charge in [0.05, 0.1) is 17.1 Å². The predicted molar refractivity (Wildman–Crippen MR) is 104 cm³/mol. The molecule has 12 heteroatoms. The lowest BCUT2D eigenvalue weighted by atomic mass is 9.95. The Morgan fingerprint density at radius 1 is 1.19 bits per heavy atom. The lowest BCUT2D eigenvalue weighted by Gasteiger charge is -2.36. The molecule has 1 heterocycles. The number of benzene rings is 2. The summed E-state index contributed by atoms with van der Waals surface area (Å²) < 4.78 is 75.7. The van der Waals surface area contributed by atoms with Crippen LogP contribution in [-0.2, 0) is 32.2 Å². The van der Waals surface area contributed by atoms with Crippen LogP contribution in [0, 0.1) is 0 Å². The smallest absolute Gasteiger partial charge is 0.416 e. The monoisotopic (exact) mass is 475 g/mol. The molecule has 1 saturated heterocycles. The molecular formula is C20H20F3NO7S. The minimum atomic E-state index is -4.54. The van der Waals surface area contributed by atoms with Crippen LogP contribution in [-0.4, -0.2) is 48.7 Å². The van der Waals surface area contributed by atoms with E-state index in [0.717, 1.165) is 18.2 Å². The highest BCUT2D eigenvalue weighted by atomic mass is 32.2. The summed E-state index contributed by atoms with van der Waals surface area (Å²) in [6, 6.07) is 9.76. The Labute approximate surface area is 181 Å². The number of hydrogen-bond donors (Lipinski definition) is 3. The van der Waals surface area contributed by atoms with Gasteiger partial charge in [-0.05, 0) is 36.8 Å². The molecule has 8 nitrogen and oxygen atoms in total. The molecule has 1 aliphatic heterocycles. The number of halogens is 3. The molecule has 2 aromatic carbocycles. The molecule has 0 spiro atoms. The van der Waals surface area contributed by atoms with Crippen molar-refractivity contribution >= 4 is 15.7 Å². The van der Waals surface area contributed by atoms with Crippen molar-refractivity contribution in [2.24, 2.45) is 0 Å². The highest BCUT2D eigenvalue weighted by Crippen LogP contribution is 2.33. The van der Waals surface area contributed by atoms with Crippen molar-refractivity contribution in [2.45, 2.75) is 35.0 Å². The Morgan fingerprint density at radius 3 is 2.47 bits per heavy atom. The number of amides is 1. The molecule has 0 bridgehead atoms. The van der Waals surface area contributed by atoms with E-state index in [9.17, 15) is 31.5 Å². The van der Waals surface area contributed by atoms with Gasteiger partial charge in [0.15, 0.2) is 15.4 Å². The topological polar surface area (TPSA) is 122 Å². The molecule has 3 rings (SSSR count). The Morgan fingerprint density at radius 2 is 1.84 bits per heavy atom. The number of aliphatic hydroxyl groups is 1. The minimum Gasteiger partial charge on any atom is -0.489 e. The van der Waals surface area contributed by atoms with Crippen molar-refractivity contribution in [1.29, 1.82) is 0 Å². The van der Waals surface area contributed by atoms with Gasteiger partial charge >= 0.3 is 6.18 Å². The maximum absolute atomic E-state index is 13.1. The quantitative estimate of drug-likeness (QED) is 0.432. The lowest BCUT2D eigenvalue weighted by Crippen LogP contribution is -2.62. The molecule has 0 unspecified atom stereocenters. The van der Waals surface area contributed by atoms with Gasteiger partial charge in [-0.15, -0.1) is 0 Å². The average molecular weight is 475 g/mol. The number of sulfone groups is 1. The first-order valence-corrected chi connectivity index (χ1v) is 10.9. The minimum absolute atomic E-state index is 0.0231. The van der Waals surface area contributed by atoms with E-state index in [4.69, 9.17) is 14.7 Å². The zero-order valence-electron chi connectivity index (χ0n) is 16.5. The molecule has 1 fully saturated rings. The number of nitrogens with one attached hydrogen (secondary N) is 1. The van der Waals surface area contributed by atoms with Crippen LogP contribution in [0.3, 0.4) is 0 Å². The first-order chi connectivity index (χ1) is 15.0. The fraction of sp³-hybridized carbons (Fsp3) is 0.350. The van der Waals surface area contributed by atoms with Gasteiger partial charge in [0, 0.05) is 12.2 Å². The van der Waals surface area contributed by atoms with Gasteiger partial charge in [-0.3, -0.25) is 10.0 Å². The summed E-state index contributed by atoms with van der Waals surface area (Å²) >= 11 is 0. The van der Waals surface area contributed by atoms with Gasteiger partial charge in [0.2, 0.25) is 0 Å². The molecular weight excluding hydrogens is 455 g/mol. The SMILES string of the molecule is O=C(NO)[C@@]1(O)COCC[C@H]1S(=O)(=O)c1ccc(OCc2ccccc2C(F)(F)F)cc1. The van der Waals surface area contributed by atoms with Crippen LogP contribution in [0.15, 0.2) is 53.4 Å². The number of carbonyl (C=O) groups excluding carboxylic acids is 1. The fourth-order valence-corrected chi connectivity index (χ4v) is 5.38. The van der Waals surface area contributed by atoms with Crippen LogP contribution in [0.1, 0.15) is 17.5 Å². The number of hydrogen-bond acceptors (Lipinski definition) is 7. The Balaban J connectivity index is 1.79. The van der Waals surface area contributed by atoms with E-state index in [1.807, 2.05) is 0 Å². The lowest BCUT2D eigenvalue weighted by molar-refractivity contribution is -0.161. The second kappa shape index (κ2) is 9.06. The van der Waals surface area contributed by atoms with Gasteiger partial charge < -0.3 is 14.6 Å². The molecule has 0 radical (unpaired) electrons. The van der Waals surface area contributed by atoms with Gasteiger partial charge in [0.25, 0.3) is 5.91 Å². The van der Waals surface area contributed by atoms with Crippen LogP contribution in [0.25, 0.3) is 0 Å². The van der Waals surface area contributed by atoms with E-state index in [0.29, 0.717) is 0 Å². The Hall–Kier alpha value is -2.67. The van der Waals surface area contributed by atoms with Crippen molar-refractivity contribution in [3.63, 3.8) is 0 Å². The molecule has 0 aliphatic carbocycles. The third-order valence-electron chi connectivity index (χ3n) is 5.12. The van der Waals surface area contributed by atoms with Crippen LogP contribution in [0.4, 0.5) is 13.2 Å². The third kappa shape index (κ3) is 4.72. The van der Waals surface area contributed by atoms with E-state index >= 15 is 0 Å². The number of ether oxygens (including phenoxy) is 2. The Kier molecular flexibility index (Phi) is 6.79. The van der Waals surface area contributed by atoms with Gasteiger partial charge in [-0.25, -0.2) is 13.9 Å². The van der Waals surface area contributed by atoms with Crippen molar-refractivity contribution in [1.82, 2.24) is 5.48 Å². The molecule has 0 saturated carbocycles. The van der Waals surface area contributed by atoms with Crippen LogP contribution in [0.2, 0.25) is 0 Å². The summed E-state index contributed by atoms with van der Waals surface area (Å²) in [4.78, 5) is 11.7. The molecule has 2 aromatic rings. The first kappa shape index (κ1) is 24.0. The first-order valence-electron chi connectivity index (χ1n) is 9.36. The maximum atomic E-state index is 13.1. The van der Waals surface area contributed by atoms with Gasteiger partial charge in [0.1, 0.15) is 17.6 Å². The summed E-state index contributed by atoms with van der Waals surface area (Å²) in [5, 5.41) is 17.8. The van der Waals surface area contributed by atoms with Crippen LogP contribution < -0.4 is 10.2 Å². The zero-order valence-corrected chi connectivity index (χ0v) is 17.3. The number of rotatable bonds is 6. The summed E-state index contributed by atoms with van der Waals surface area (Å²) in [7, 11) is -4.24. The highest BCUT2D eigenvalue weighted by Gasteiger charge is 2.53. The fourth-order valence-electron chi connectivity index (χ4n) is 3.44. The van der Waals surface area contributed by atoms with E-state index < -0.39 is 51.5 Å². The van der Waals surface area contributed by atoms with Crippen molar-refractivity contribution in [3.8, 4) is 5.75 Å². The zero-order chi connectivity index (χ0) is 23.6. The maximum Gasteiger partial charge on any atom is 0.416 e. The van der Waals surface area contributed by atoms with Crippen molar-refractivity contribution in [2.75, 3.05) is 13.2 Å². The molecule has 174 valence electrons. The molecule has 1 amide bonds. The molecule has 3 N–H and O–H groups in total. The summed E-state index contributed by atoms with van der Waals surface area (Å²) in [5.41, 5.74) is -2.16. The summed E-state index contributed by atoms with van der Waals surface area (Å²) in [6.07, 6.45) is -4.74. The molecule has 1 aliphatic rings. The average Bonchev–Trinajstić information content (AvgIpc) is 2.77. The van der Waals surface area contributed by atoms with Crippen LogP contribution in [0.5, 0.6) is 5.75 Å². The van der Waals surface area contributed by atoms with Crippen LogP contribution >= 0.6 is 0 Å². The van der Waals surface area contributed by atoms with Crippen molar-refractivity contribution < 1.29 is 46.2 Å². The van der Waals surface area contributed by atoms with E-state index in [1.54, 1.807) is 0 Å². The predicted octanol–water partition coefficient (Wildman–Crippen LogP) is 2.08. The Bertz CT molecular complexity index is 1070. The second-order valence-electron chi connectivity index (χ2n) is 7.16. The van der Waals surface area contributed by atoms with E-state index in [2.05, 4.69) is 0 Å². The molecule has 2 atom stereocenters. The summed E-state index contributed by atoms with van der Waals surface area (Å²) in [6.45, 7) is -1.04. The largest absolute Gasteiger partial charge is 0.489 e. The summed E-state index contributed by atoms with van der Waals surface area (Å²) in [5.74, 6) is -1.19.